The largest absolute Gasteiger partial charge is 0.465 e. The lowest BCUT2D eigenvalue weighted by atomic mass is 9.85. The molecule has 2 atom stereocenters. The molecule has 0 aromatic carbocycles. The summed E-state index contributed by atoms with van der Waals surface area (Å²) >= 11 is 1.47. The predicted octanol–water partition coefficient (Wildman–Crippen LogP) is 3.15. The second-order valence-electron chi connectivity index (χ2n) is 6.61. The lowest BCUT2D eigenvalue weighted by Gasteiger charge is -2.24. The minimum atomic E-state index is -0.209. The van der Waals surface area contributed by atoms with Gasteiger partial charge in [0.05, 0.1) is 13.0 Å². The number of fused-ring (bicyclic) bond motifs is 1. The molecule has 2 aromatic rings. The maximum absolute atomic E-state index is 12.3. The van der Waals surface area contributed by atoms with Crippen LogP contribution in [0.5, 0.6) is 0 Å². The maximum Gasteiger partial charge on any atom is 0.310 e. The van der Waals surface area contributed by atoms with Gasteiger partial charge in [0.15, 0.2) is 0 Å². The van der Waals surface area contributed by atoms with E-state index in [-0.39, 0.29) is 12.4 Å². The van der Waals surface area contributed by atoms with Gasteiger partial charge in [-0.05, 0) is 44.8 Å². The Balaban J connectivity index is 1.71. The van der Waals surface area contributed by atoms with Gasteiger partial charge in [-0.2, -0.15) is 4.98 Å². The highest BCUT2D eigenvalue weighted by molar-refractivity contribution is 7.98. The van der Waals surface area contributed by atoms with Gasteiger partial charge in [0.2, 0.25) is 5.16 Å². The third-order valence-electron chi connectivity index (χ3n) is 4.91. The lowest BCUT2D eigenvalue weighted by molar-refractivity contribution is -0.144. The fourth-order valence-electron chi connectivity index (χ4n) is 3.17. The average molecular weight is 360 g/mol. The van der Waals surface area contributed by atoms with Gasteiger partial charge >= 0.3 is 5.97 Å². The molecule has 0 radical (unpaired) electrons. The summed E-state index contributed by atoms with van der Waals surface area (Å²) in [5.41, 5.74) is 2.56. The highest BCUT2D eigenvalue weighted by atomic mass is 32.2. The Morgan fingerprint density at radius 3 is 2.80 bits per heavy atom. The molecule has 1 aliphatic carbocycles. The third-order valence-corrected chi connectivity index (χ3v) is 5.45. The number of hydrogen-bond acceptors (Lipinski definition) is 6. The van der Waals surface area contributed by atoms with Crippen LogP contribution >= 0.6 is 11.8 Å². The van der Waals surface area contributed by atoms with Crippen LogP contribution in [-0.4, -0.2) is 38.4 Å². The zero-order chi connectivity index (χ0) is 18.0. The summed E-state index contributed by atoms with van der Waals surface area (Å²) in [4.78, 5) is 21.2. The number of carbonyl (C=O) groups is 1. The second-order valence-corrected chi connectivity index (χ2v) is 7.38. The molecular formula is C18H24N4O2S. The van der Waals surface area contributed by atoms with Gasteiger partial charge in [-0.3, -0.25) is 4.79 Å². The van der Waals surface area contributed by atoms with Gasteiger partial charge in [-0.1, -0.05) is 30.8 Å². The number of aromatic nitrogens is 4. The highest BCUT2D eigenvalue weighted by Gasteiger charge is 2.21. The van der Waals surface area contributed by atoms with Crippen molar-refractivity contribution < 1.29 is 9.53 Å². The van der Waals surface area contributed by atoms with E-state index >= 15 is 0 Å². The maximum atomic E-state index is 12.3. The number of allylic oxidation sites excluding steroid dienone is 2. The summed E-state index contributed by atoms with van der Waals surface area (Å²) in [6.45, 7) is 6.54. The van der Waals surface area contributed by atoms with E-state index < -0.39 is 0 Å². The van der Waals surface area contributed by atoms with Crippen LogP contribution in [-0.2, 0) is 16.0 Å². The first kappa shape index (κ1) is 17.9. The molecule has 0 N–H and O–H groups in total. The minimum Gasteiger partial charge on any atom is -0.465 e. The van der Waals surface area contributed by atoms with E-state index in [2.05, 4.69) is 34.1 Å². The van der Waals surface area contributed by atoms with Crippen molar-refractivity contribution in [2.45, 2.75) is 45.2 Å². The van der Waals surface area contributed by atoms with Crippen LogP contribution in [0.25, 0.3) is 5.78 Å². The van der Waals surface area contributed by atoms with Crippen molar-refractivity contribution >= 4 is 23.5 Å². The first-order valence-corrected chi connectivity index (χ1v) is 9.79. The SMILES string of the molecule is CSc1nc2nc(C)c(CC(=O)OCC3CC=CCC3C)c(C)n2n1. The van der Waals surface area contributed by atoms with Gasteiger partial charge < -0.3 is 4.74 Å². The average Bonchev–Trinajstić information content (AvgIpc) is 3.01. The number of thioether (sulfide) groups is 1. The van der Waals surface area contributed by atoms with E-state index in [0.717, 1.165) is 29.8 Å². The third kappa shape index (κ3) is 3.86. The summed E-state index contributed by atoms with van der Waals surface area (Å²) < 4.78 is 7.26. The van der Waals surface area contributed by atoms with Crippen LogP contribution in [0, 0.1) is 25.7 Å². The molecular weight excluding hydrogens is 336 g/mol. The Hall–Kier alpha value is -1.89. The Bertz CT molecular complexity index is 815. The van der Waals surface area contributed by atoms with Crippen molar-refractivity contribution in [2.75, 3.05) is 12.9 Å². The van der Waals surface area contributed by atoms with Crippen LogP contribution in [0.2, 0.25) is 0 Å². The first-order valence-electron chi connectivity index (χ1n) is 8.57. The number of hydrogen-bond donors (Lipinski definition) is 0. The fraction of sp³-hybridized carbons (Fsp3) is 0.556. The lowest BCUT2D eigenvalue weighted by Crippen LogP contribution is -2.23. The van der Waals surface area contributed by atoms with E-state index in [1.54, 1.807) is 4.52 Å². The van der Waals surface area contributed by atoms with Crippen LogP contribution in [0.4, 0.5) is 0 Å². The number of ether oxygens (including phenoxy) is 1. The normalized spacial score (nSPS) is 20.2. The van der Waals surface area contributed by atoms with Crippen LogP contribution in [0.15, 0.2) is 17.3 Å². The molecule has 0 spiro atoms. The first-order chi connectivity index (χ1) is 12.0. The van der Waals surface area contributed by atoms with Crippen molar-refractivity contribution in [2.24, 2.45) is 11.8 Å². The van der Waals surface area contributed by atoms with E-state index in [4.69, 9.17) is 4.74 Å². The van der Waals surface area contributed by atoms with Crippen molar-refractivity contribution in [3.05, 3.63) is 29.1 Å². The summed E-state index contributed by atoms with van der Waals surface area (Å²) in [5, 5.41) is 5.09. The standard InChI is InChI=1S/C18H24N4O2S/c1-11-7-5-6-8-14(11)10-24-16(23)9-15-12(2)19-17-20-18(25-4)21-22(17)13(15)3/h5-6,11,14H,7-10H2,1-4H3. The van der Waals surface area contributed by atoms with Crippen LogP contribution < -0.4 is 0 Å². The van der Waals surface area contributed by atoms with Gasteiger partial charge in [-0.15, -0.1) is 5.10 Å². The number of aryl methyl sites for hydroxylation is 2. The quantitative estimate of drug-likeness (QED) is 0.463. The van der Waals surface area contributed by atoms with Crippen molar-refractivity contribution in [1.82, 2.24) is 19.6 Å². The Morgan fingerprint density at radius 1 is 1.32 bits per heavy atom. The second kappa shape index (κ2) is 7.56. The fourth-order valence-corrected chi connectivity index (χ4v) is 3.50. The monoisotopic (exact) mass is 360 g/mol. The number of carbonyl (C=O) groups excluding carboxylic acids is 1. The molecule has 2 unspecified atom stereocenters. The minimum absolute atomic E-state index is 0.209. The zero-order valence-electron chi connectivity index (χ0n) is 15.2. The number of esters is 1. The van der Waals surface area contributed by atoms with Gasteiger partial charge in [0.25, 0.3) is 5.78 Å². The molecule has 0 aliphatic heterocycles. The summed E-state index contributed by atoms with van der Waals surface area (Å²) in [5.74, 6) is 1.33. The van der Waals surface area contributed by atoms with Gasteiger partial charge in [-0.25, -0.2) is 9.50 Å². The van der Waals surface area contributed by atoms with Crippen LogP contribution in [0.3, 0.4) is 0 Å². The molecule has 2 heterocycles. The summed E-state index contributed by atoms with van der Waals surface area (Å²) in [7, 11) is 0. The zero-order valence-corrected chi connectivity index (χ0v) is 16.0. The van der Waals surface area contributed by atoms with Crippen molar-refractivity contribution in [3.8, 4) is 0 Å². The molecule has 1 aliphatic rings. The van der Waals surface area contributed by atoms with Crippen LogP contribution in [0.1, 0.15) is 36.7 Å². The molecule has 0 fully saturated rings. The molecule has 3 rings (SSSR count). The van der Waals surface area contributed by atoms with E-state index in [9.17, 15) is 4.79 Å². The predicted molar refractivity (Wildman–Crippen MR) is 97.7 cm³/mol. The topological polar surface area (TPSA) is 69.4 Å². The molecule has 6 nitrogen and oxygen atoms in total. The summed E-state index contributed by atoms with van der Waals surface area (Å²) in [6, 6.07) is 0. The van der Waals surface area contributed by atoms with E-state index in [0.29, 0.717) is 29.4 Å². The molecule has 0 saturated carbocycles. The molecule has 0 saturated heterocycles. The van der Waals surface area contributed by atoms with Crippen molar-refractivity contribution in [1.29, 1.82) is 0 Å². The van der Waals surface area contributed by atoms with E-state index in [1.165, 1.54) is 11.8 Å². The number of rotatable bonds is 5. The summed E-state index contributed by atoms with van der Waals surface area (Å²) in [6.07, 6.45) is 8.57. The van der Waals surface area contributed by atoms with E-state index in [1.807, 2.05) is 20.1 Å². The molecule has 0 amide bonds. The molecule has 0 bridgehead atoms. The molecule has 7 heteroatoms. The molecule has 2 aromatic heterocycles. The van der Waals surface area contributed by atoms with Gasteiger partial charge in [0.1, 0.15) is 0 Å². The highest BCUT2D eigenvalue weighted by Crippen LogP contribution is 2.25. The Morgan fingerprint density at radius 2 is 2.08 bits per heavy atom. The Kier molecular flexibility index (Phi) is 5.42. The molecule has 25 heavy (non-hydrogen) atoms. The smallest absolute Gasteiger partial charge is 0.310 e. The number of nitrogens with zero attached hydrogens (tertiary/aromatic N) is 4. The Labute approximate surface area is 152 Å². The molecule has 134 valence electrons. The van der Waals surface area contributed by atoms with Crippen molar-refractivity contribution in [3.63, 3.8) is 0 Å². The van der Waals surface area contributed by atoms with Gasteiger partial charge in [0, 0.05) is 17.0 Å².